The Morgan fingerprint density at radius 2 is 2.04 bits per heavy atom. The third-order valence-electron chi connectivity index (χ3n) is 4.16. The summed E-state index contributed by atoms with van der Waals surface area (Å²) in [7, 11) is 0. The van der Waals surface area contributed by atoms with Gasteiger partial charge in [0.1, 0.15) is 0 Å². The van der Waals surface area contributed by atoms with Crippen molar-refractivity contribution in [2.45, 2.75) is 31.8 Å². The number of aryl methyl sites for hydroxylation is 2. The monoisotopic (exact) mass is 325 g/mol. The molecule has 5 nitrogen and oxygen atoms in total. The number of aromatic nitrogens is 1. The Labute approximate surface area is 142 Å². The average molecular weight is 325 g/mol. The van der Waals surface area contributed by atoms with E-state index in [1.54, 1.807) is 6.20 Å². The Morgan fingerprint density at radius 3 is 2.83 bits per heavy atom. The third-order valence-corrected chi connectivity index (χ3v) is 4.16. The van der Waals surface area contributed by atoms with Gasteiger partial charge in [-0.2, -0.15) is 0 Å². The van der Waals surface area contributed by atoms with Crippen LogP contribution in [0, 0.1) is 0 Å². The van der Waals surface area contributed by atoms with Gasteiger partial charge in [-0.15, -0.1) is 0 Å². The van der Waals surface area contributed by atoms with Gasteiger partial charge in [0.05, 0.1) is 6.10 Å². The van der Waals surface area contributed by atoms with Crippen LogP contribution in [0.4, 0.5) is 10.5 Å². The first kappa shape index (κ1) is 16.5. The maximum absolute atomic E-state index is 12.1. The Balaban J connectivity index is 1.54. The summed E-state index contributed by atoms with van der Waals surface area (Å²) in [5, 5.41) is 5.83. The Kier molecular flexibility index (Phi) is 5.80. The molecule has 3 rings (SSSR count). The van der Waals surface area contributed by atoms with E-state index in [0.717, 1.165) is 49.2 Å². The van der Waals surface area contributed by atoms with Crippen molar-refractivity contribution >= 4 is 11.7 Å². The van der Waals surface area contributed by atoms with Crippen LogP contribution in [0.15, 0.2) is 48.7 Å². The number of para-hydroxylation sites is 1. The maximum atomic E-state index is 12.1. The third kappa shape index (κ3) is 4.80. The van der Waals surface area contributed by atoms with Crippen molar-refractivity contribution in [1.82, 2.24) is 10.3 Å². The van der Waals surface area contributed by atoms with Crippen LogP contribution in [0.1, 0.15) is 24.1 Å². The van der Waals surface area contributed by atoms with E-state index in [9.17, 15) is 4.79 Å². The van der Waals surface area contributed by atoms with E-state index < -0.39 is 0 Å². The molecular weight excluding hydrogens is 302 g/mol. The molecule has 1 fully saturated rings. The molecule has 24 heavy (non-hydrogen) atoms. The molecule has 0 bridgehead atoms. The fourth-order valence-corrected chi connectivity index (χ4v) is 2.85. The predicted molar refractivity (Wildman–Crippen MR) is 94.1 cm³/mol. The number of carbonyl (C=O) groups is 1. The Morgan fingerprint density at radius 1 is 1.17 bits per heavy atom. The largest absolute Gasteiger partial charge is 0.376 e. The highest BCUT2D eigenvalue weighted by molar-refractivity contribution is 5.90. The molecule has 0 unspecified atom stereocenters. The number of urea groups is 1. The van der Waals surface area contributed by atoms with Crippen molar-refractivity contribution in [3.8, 4) is 0 Å². The molecule has 0 radical (unpaired) electrons. The van der Waals surface area contributed by atoms with E-state index in [0.29, 0.717) is 6.54 Å². The topological polar surface area (TPSA) is 63.2 Å². The van der Waals surface area contributed by atoms with Crippen LogP contribution in [-0.2, 0) is 17.6 Å². The molecule has 2 amide bonds. The minimum atomic E-state index is -0.184. The van der Waals surface area contributed by atoms with Crippen LogP contribution in [0.5, 0.6) is 0 Å². The van der Waals surface area contributed by atoms with Gasteiger partial charge in [0, 0.05) is 30.7 Å². The molecule has 5 heteroatoms. The second kappa shape index (κ2) is 8.45. The molecule has 2 N–H and O–H groups in total. The fourth-order valence-electron chi connectivity index (χ4n) is 2.85. The molecule has 2 aromatic rings. The molecule has 1 aromatic carbocycles. The summed E-state index contributed by atoms with van der Waals surface area (Å²) in [5.41, 5.74) is 3.00. The number of benzene rings is 1. The summed E-state index contributed by atoms with van der Waals surface area (Å²) in [4.78, 5) is 16.4. The molecule has 1 saturated heterocycles. The normalized spacial score (nSPS) is 16.8. The number of carbonyl (C=O) groups excluding carboxylic acids is 1. The Hall–Kier alpha value is -2.40. The maximum Gasteiger partial charge on any atom is 0.319 e. The zero-order valence-corrected chi connectivity index (χ0v) is 13.7. The smallest absolute Gasteiger partial charge is 0.319 e. The zero-order chi connectivity index (χ0) is 16.6. The number of hydrogen-bond donors (Lipinski definition) is 2. The number of hydrogen-bond acceptors (Lipinski definition) is 3. The van der Waals surface area contributed by atoms with Gasteiger partial charge in [0.25, 0.3) is 0 Å². The zero-order valence-electron chi connectivity index (χ0n) is 13.7. The predicted octanol–water partition coefficient (Wildman–Crippen LogP) is 3.17. The molecule has 2 heterocycles. The van der Waals surface area contributed by atoms with Gasteiger partial charge in [-0.1, -0.05) is 24.3 Å². The van der Waals surface area contributed by atoms with Gasteiger partial charge in [-0.05, 0) is 49.4 Å². The van der Waals surface area contributed by atoms with Gasteiger partial charge in [0.15, 0.2) is 0 Å². The molecule has 0 saturated carbocycles. The van der Waals surface area contributed by atoms with E-state index >= 15 is 0 Å². The van der Waals surface area contributed by atoms with E-state index in [1.165, 1.54) is 0 Å². The number of nitrogens with one attached hydrogen (secondary N) is 2. The highest BCUT2D eigenvalue weighted by atomic mass is 16.5. The van der Waals surface area contributed by atoms with Gasteiger partial charge in [-0.3, -0.25) is 4.98 Å². The summed E-state index contributed by atoms with van der Waals surface area (Å²) in [6, 6.07) is 13.6. The number of amides is 2. The van der Waals surface area contributed by atoms with Crippen molar-refractivity contribution in [2.24, 2.45) is 0 Å². The standard InChI is InChI=1S/C19H23N3O2/c23-19(21-14-17-8-5-13-24-17)22-18-9-2-1-6-15(18)10-11-16-7-3-4-12-20-16/h1-4,6-7,9,12,17H,5,8,10-11,13-14H2,(H2,21,22,23)/t17-/m0/s1. The number of nitrogens with zero attached hydrogens (tertiary/aromatic N) is 1. The molecule has 1 aliphatic rings. The fraction of sp³-hybridized carbons (Fsp3) is 0.368. The number of pyridine rings is 1. The van der Waals surface area contributed by atoms with Gasteiger partial charge in [0.2, 0.25) is 0 Å². The summed E-state index contributed by atoms with van der Waals surface area (Å²) in [6.07, 6.45) is 5.72. The van der Waals surface area contributed by atoms with Gasteiger partial charge >= 0.3 is 6.03 Å². The lowest BCUT2D eigenvalue weighted by Gasteiger charge is -2.14. The molecule has 1 aromatic heterocycles. The van der Waals surface area contributed by atoms with Crippen LogP contribution >= 0.6 is 0 Å². The molecule has 0 spiro atoms. The SMILES string of the molecule is O=C(NC[C@@H]1CCCO1)Nc1ccccc1CCc1ccccn1. The van der Waals surface area contributed by atoms with Crippen LogP contribution < -0.4 is 10.6 Å². The van der Waals surface area contributed by atoms with E-state index in [-0.39, 0.29) is 12.1 Å². The van der Waals surface area contributed by atoms with Gasteiger partial charge in [-0.25, -0.2) is 4.79 Å². The lowest BCUT2D eigenvalue weighted by Crippen LogP contribution is -2.35. The average Bonchev–Trinajstić information content (AvgIpc) is 3.14. The number of anilines is 1. The minimum absolute atomic E-state index is 0.148. The Bertz CT molecular complexity index is 655. The second-order valence-corrected chi connectivity index (χ2v) is 5.95. The number of ether oxygens (including phenoxy) is 1. The summed E-state index contributed by atoms with van der Waals surface area (Å²) in [6.45, 7) is 1.35. The lowest BCUT2D eigenvalue weighted by molar-refractivity contribution is 0.112. The first-order valence-corrected chi connectivity index (χ1v) is 8.45. The van der Waals surface area contributed by atoms with E-state index in [4.69, 9.17) is 4.74 Å². The first-order chi connectivity index (χ1) is 11.8. The quantitative estimate of drug-likeness (QED) is 0.857. The van der Waals surface area contributed by atoms with E-state index in [1.807, 2.05) is 42.5 Å². The van der Waals surface area contributed by atoms with Crippen LogP contribution in [-0.4, -0.2) is 30.3 Å². The van der Waals surface area contributed by atoms with Crippen LogP contribution in [0.25, 0.3) is 0 Å². The number of rotatable bonds is 6. The van der Waals surface area contributed by atoms with Gasteiger partial charge < -0.3 is 15.4 Å². The minimum Gasteiger partial charge on any atom is -0.376 e. The highest BCUT2D eigenvalue weighted by Gasteiger charge is 2.16. The van der Waals surface area contributed by atoms with Crippen molar-refractivity contribution in [1.29, 1.82) is 0 Å². The summed E-state index contributed by atoms with van der Waals surface area (Å²) >= 11 is 0. The molecule has 0 aliphatic carbocycles. The van der Waals surface area contributed by atoms with Crippen molar-refractivity contribution in [3.05, 3.63) is 59.9 Å². The summed E-state index contributed by atoms with van der Waals surface area (Å²) in [5.74, 6) is 0. The van der Waals surface area contributed by atoms with Crippen LogP contribution in [0.3, 0.4) is 0 Å². The molecule has 1 aliphatic heterocycles. The van der Waals surface area contributed by atoms with Crippen molar-refractivity contribution < 1.29 is 9.53 Å². The lowest BCUT2D eigenvalue weighted by atomic mass is 10.1. The molecular formula is C19H23N3O2. The highest BCUT2D eigenvalue weighted by Crippen LogP contribution is 2.17. The second-order valence-electron chi connectivity index (χ2n) is 5.95. The van der Waals surface area contributed by atoms with Crippen molar-refractivity contribution in [2.75, 3.05) is 18.5 Å². The summed E-state index contributed by atoms with van der Waals surface area (Å²) < 4.78 is 5.52. The first-order valence-electron chi connectivity index (χ1n) is 8.45. The van der Waals surface area contributed by atoms with Crippen molar-refractivity contribution in [3.63, 3.8) is 0 Å². The van der Waals surface area contributed by atoms with Crippen LogP contribution in [0.2, 0.25) is 0 Å². The molecule has 1 atom stereocenters. The van der Waals surface area contributed by atoms with E-state index in [2.05, 4.69) is 15.6 Å². The molecule has 126 valence electrons.